The van der Waals surface area contributed by atoms with E-state index in [1.54, 1.807) is 18.9 Å². The highest BCUT2D eigenvalue weighted by molar-refractivity contribution is 5.68. The SMILES string of the molecule is CNC(C)(N)OC(=O)N1CCc2cc(OCCN3CCCCC3)ccc2C1. The molecule has 1 unspecified atom stereocenters. The van der Waals surface area contributed by atoms with Crippen molar-refractivity contribution >= 4 is 6.09 Å². The summed E-state index contributed by atoms with van der Waals surface area (Å²) in [6, 6.07) is 6.14. The van der Waals surface area contributed by atoms with Gasteiger partial charge in [-0.25, -0.2) is 4.79 Å². The minimum atomic E-state index is -1.16. The molecule has 0 aromatic heterocycles. The number of hydrogen-bond acceptors (Lipinski definition) is 6. The van der Waals surface area contributed by atoms with E-state index in [4.69, 9.17) is 15.2 Å². The number of likely N-dealkylation sites (tertiary alicyclic amines) is 1. The summed E-state index contributed by atoms with van der Waals surface area (Å²) in [5.74, 6) is -0.254. The van der Waals surface area contributed by atoms with Gasteiger partial charge in [-0.15, -0.1) is 0 Å². The zero-order valence-corrected chi connectivity index (χ0v) is 16.5. The number of fused-ring (bicyclic) bond motifs is 1. The Bertz CT molecular complexity index is 644. The fourth-order valence-corrected chi connectivity index (χ4v) is 3.55. The molecule has 27 heavy (non-hydrogen) atoms. The minimum absolute atomic E-state index is 0.401. The van der Waals surface area contributed by atoms with Gasteiger partial charge < -0.3 is 14.4 Å². The highest BCUT2D eigenvalue weighted by Crippen LogP contribution is 2.24. The lowest BCUT2D eigenvalue weighted by Gasteiger charge is -2.32. The maximum absolute atomic E-state index is 12.3. The quantitative estimate of drug-likeness (QED) is 0.738. The summed E-state index contributed by atoms with van der Waals surface area (Å²) in [6.45, 7) is 6.85. The first-order valence-corrected chi connectivity index (χ1v) is 9.89. The van der Waals surface area contributed by atoms with Gasteiger partial charge >= 0.3 is 6.09 Å². The highest BCUT2D eigenvalue weighted by Gasteiger charge is 2.27. The molecule has 1 amide bonds. The van der Waals surface area contributed by atoms with E-state index in [1.165, 1.54) is 37.9 Å². The topological polar surface area (TPSA) is 80.1 Å². The molecule has 0 aliphatic carbocycles. The van der Waals surface area contributed by atoms with E-state index in [1.807, 2.05) is 12.1 Å². The summed E-state index contributed by atoms with van der Waals surface area (Å²) in [7, 11) is 1.66. The third-order valence-corrected chi connectivity index (χ3v) is 5.37. The van der Waals surface area contributed by atoms with E-state index in [9.17, 15) is 4.79 Å². The zero-order valence-electron chi connectivity index (χ0n) is 16.5. The van der Waals surface area contributed by atoms with Crippen molar-refractivity contribution < 1.29 is 14.3 Å². The van der Waals surface area contributed by atoms with Crippen LogP contribution >= 0.6 is 0 Å². The van der Waals surface area contributed by atoms with E-state index >= 15 is 0 Å². The molecule has 0 radical (unpaired) electrons. The van der Waals surface area contributed by atoms with Gasteiger partial charge in [0.25, 0.3) is 0 Å². The summed E-state index contributed by atoms with van der Waals surface area (Å²) < 4.78 is 11.3. The lowest BCUT2D eigenvalue weighted by atomic mass is 10.00. The van der Waals surface area contributed by atoms with Crippen molar-refractivity contribution in [1.29, 1.82) is 0 Å². The molecule has 1 aromatic carbocycles. The van der Waals surface area contributed by atoms with Crippen LogP contribution in [-0.2, 0) is 17.7 Å². The molecule has 2 heterocycles. The Labute approximate surface area is 161 Å². The lowest BCUT2D eigenvalue weighted by Crippen LogP contribution is -2.54. The maximum Gasteiger partial charge on any atom is 0.412 e. The van der Waals surface area contributed by atoms with Crippen LogP contribution in [0.1, 0.15) is 37.3 Å². The number of nitrogens with one attached hydrogen (secondary N) is 1. The Morgan fingerprint density at radius 1 is 1.22 bits per heavy atom. The molecule has 1 fully saturated rings. The van der Waals surface area contributed by atoms with Crippen LogP contribution in [0.2, 0.25) is 0 Å². The number of benzene rings is 1. The number of hydrogen-bond donors (Lipinski definition) is 2. The van der Waals surface area contributed by atoms with Gasteiger partial charge in [0, 0.05) is 26.6 Å². The Morgan fingerprint density at radius 3 is 2.74 bits per heavy atom. The summed E-state index contributed by atoms with van der Waals surface area (Å²) in [4.78, 5) is 16.5. The second-order valence-electron chi connectivity index (χ2n) is 7.58. The van der Waals surface area contributed by atoms with Gasteiger partial charge in [-0.3, -0.25) is 16.0 Å². The standard InChI is InChI=1S/C20H32N4O3/c1-20(21,22-2)27-19(25)24-11-8-16-14-18(7-6-17(16)15-24)26-13-12-23-9-4-3-5-10-23/h6-7,14,22H,3-5,8-13,15,21H2,1-2H3. The molecule has 3 rings (SSSR count). The Balaban J connectivity index is 1.50. The van der Waals surface area contributed by atoms with Crippen molar-refractivity contribution in [2.75, 3.05) is 39.8 Å². The number of nitrogens with zero attached hydrogens (tertiary/aromatic N) is 2. The molecule has 150 valence electrons. The highest BCUT2D eigenvalue weighted by atomic mass is 16.6. The number of ether oxygens (including phenoxy) is 2. The normalized spacial score (nSPS) is 19.9. The van der Waals surface area contributed by atoms with Crippen LogP contribution in [0.4, 0.5) is 4.79 Å². The van der Waals surface area contributed by atoms with Gasteiger partial charge in [0.15, 0.2) is 0 Å². The average Bonchev–Trinajstić information content (AvgIpc) is 2.68. The summed E-state index contributed by atoms with van der Waals surface area (Å²) in [5, 5.41) is 2.77. The molecule has 1 saturated heterocycles. The molecular formula is C20H32N4O3. The van der Waals surface area contributed by atoms with E-state index in [-0.39, 0.29) is 0 Å². The monoisotopic (exact) mass is 376 g/mol. The number of rotatable bonds is 6. The molecule has 1 atom stereocenters. The molecule has 7 nitrogen and oxygen atoms in total. The Morgan fingerprint density at radius 2 is 2.00 bits per heavy atom. The molecule has 2 aliphatic rings. The van der Waals surface area contributed by atoms with Gasteiger partial charge in [-0.1, -0.05) is 12.5 Å². The number of amides is 1. The number of nitrogens with two attached hydrogens (primary N) is 1. The second kappa shape index (κ2) is 8.91. The van der Waals surface area contributed by atoms with Crippen molar-refractivity contribution in [2.45, 2.75) is 45.0 Å². The fourth-order valence-electron chi connectivity index (χ4n) is 3.55. The first-order chi connectivity index (χ1) is 13.0. The van der Waals surface area contributed by atoms with Crippen molar-refractivity contribution in [1.82, 2.24) is 15.1 Å². The first-order valence-electron chi connectivity index (χ1n) is 9.89. The molecule has 0 bridgehead atoms. The predicted molar refractivity (Wildman–Crippen MR) is 104 cm³/mol. The Hall–Kier alpha value is -1.83. The molecule has 0 spiro atoms. The first kappa shape index (κ1) is 19.9. The summed E-state index contributed by atoms with van der Waals surface area (Å²) >= 11 is 0. The van der Waals surface area contributed by atoms with Crippen LogP contribution in [0.5, 0.6) is 5.75 Å². The van der Waals surface area contributed by atoms with Crippen LogP contribution in [0.15, 0.2) is 18.2 Å². The van der Waals surface area contributed by atoms with Gasteiger partial charge in [0.05, 0.1) is 0 Å². The van der Waals surface area contributed by atoms with Gasteiger partial charge in [-0.05, 0) is 62.7 Å². The van der Waals surface area contributed by atoms with Crippen LogP contribution in [0, 0.1) is 0 Å². The van der Waals surface area contributed by atoms with Crippen molar-refractivity contribution in [2.24, 2.45) is 5.73 Å². The fraction of sp³-hybridized carbons (Fsp3) is 0.650. The molecule has 1 aromatic rings. The number of carbonyl (C=O) groups is 1. The number of carbonyl (C=O) groups excluding carboxylic acids is 1. The molecule has 3 N–H and O–H groups in total. The number of piperidine rings is 1. The third kappa shape index (κ3) is 5.57. The summed E-state index contributed by atoms with van der Waals surface area (Å²) in [5.41, 5.74) is 8.20. The van der Waals surface area contributed by atoms with Crippen molar-refractivity contribution in [3.8, 4) is 5.75 Å². The Kier molecular flexibility index (Phi) is 6.57. The molecule has 2 aliphatic heterocycles. The smallest absolute Gasteiger partial charge is 0.412 e. The molecular weight excluding hydrogens is 344 g/mol. The summed E-state index contributed by atoms with van der Waals surface area (Å²) in [6.07, 6.45) is 4.34. The van der Waals surface area contributed by atoms with Crippen LogP contribution in [0.3, 0.4) is 0 Å². The van der Waals surface area contributed by atoms with E-state index in [0.29, 0.717) is 13.1 Å². The van der Waals surface area contributed by atoms with Crippen LogP contribution < -0.4 is 15.8 Å². The largest absolute Gasteiger partial charge is 0.492 e. The lowest BCUT2D eigenvalue weighted by molar-refractivity contribution is -0.0135. The zero-order chi connectivity index (χ0) is 19.3. The molecule has 7 heteroatoms. The van der Waals surface area contributed by atoms with E-state index in [2.05, 4.69) is 16.3 Å². The van der Waals surface area contributed by atoms with Crippen LogP contribution in [0.25, 0.3) is 0 Å². The van der Waals surface area contributed by atoms with E-state index < -0.39 is 11.9 Å². The van der Waals surface area contributed by atoms with Crippen molar-refractivity contribution in [3.63, 3.8) is 0 Å². The third-order valence-electron chi connectivity index (χ3n) is 5.37. The minimum Gasteiger partial charge on any atom is -0.492 e. The van der Waals surface area contributed by atoms with Crippen molar-refractivity contribution in [3.05, 3.63) is 29.3 Å². The second-order valence-corrected chi connectivity index (χ2v) is 7.58. The van der Waals surface area contributed by atoms with E-state index in [0.717, 1.165) is 30.9 Å². The average molecular weight is 377 g/mol. The van der Waals surface area contributed by atoms with Crippen LogP contribution in [-0.4, -0.2) is 61.6 Å². The van der Waals surface area contributed by atoms with Gasteiger partial charge in [0.2, 0.25) is 5.85 Å². The van der Waals surface area contributed by atoms with Gasteiger partial charge in [0.1, 0.15) is 12.4 Å². The maximum atomic E-state index is 12.3. The van der Waals surface area contributed by atoms with Gasteiger partial charge in [-0.2, -0.15) is 0 Å². The predicted octanol–water partition coefficient (Wildman–Crippen LogP) is 1.90. The molecule has 0 saturated carbocycles.